The van der Waals surface area contributed by atoms with E-state index in [-0.39, 0.29) is 17.2 Å². The number of ether oxygens (including phenoxy) is 1. The Hall–Kier alpha value is -3.25. The van der Waals surface area contributed by atoms with Gasteiger partial charge in [-0.25, -0.2) is 0 Å². The van der Waals surface area contributed by atoms with E-state index in [4.69, 9.17) is 4.74 Å². The molecule has 4 rings (SSSR count). The van der Waals surface area contributed by atoms with Crippen molar-refractivity contribution in [3.05, 3.63) is 90.0 Å². The number of nitrogens with one attached hydrogen (secondary N) is 1. The minimum absolute atomic E-state index is 0.0673. The molecule has 0 spiro atoms. The zero-order valence-corrected chi connectivity index (χ0v) is 18.1. The van der Waals surface area contributed by atoms with Crippen molar-refractivity contribution in [2.24, 2.45) is 0 Å². The molecule has 1 saturated heterocycles. The van der Waals surface area contributed by atoms with Crippen molar-refractivity contribution in [2.75, 3.05) is 22.6 Å². The van der Waals surface area contributed by atoms with Crippen LogP contribution in [0.25, 0.3) is 0 Å². The third kappa shape index (κ3) is 5.09. The Morgan fingerprint density at radius 3 is 2.58 bits per heavy atom. The summed E-state index contributed by atoms with van der Waals surface area (Å²) >= 11 is 1.58. The first-order chi connectivity index (χ1) is 15.1. The van der Waals surface area contributed by atoms with E-state index in [1.807, 2.05) is 90.7 Å². The number of anilines is 2. The van der Waals surface area contributed by atoms with Crippen LogP contribution in [0.4, 0.5) is 11.4 Å². The summed E-state index contributed by atoms with van der Waals surface area (Å²) < 4.78 is 5.51. The van der Waals surface area contributed by atoms with Gasteiger partial charge in [0, 0.05) is 11.4 Å². The lowest BCUT2D eigenvalue weighted by atomic mass is 10.1. The van der Waals surface area contributed by atoms with E-state index in [0.29, 0.717) is 18.8 Å². The van der Waals surface area contributed by atoms with Crippen LogP contribution in [0.15, 0.2) is 78.9 Å². The lowest BCUT2D eigenvalue weighted by Gasteiger charge is -2.25. The van der Waals surface area contributed by atoms with Gasteiger partial charge < -0.3 is 10.1 Å². The fourth-order valence-corrected chi connectivity index (χ4v) is 4.74. The van der Waals surface area contributed by atoms with Crippen molar-refractivity contribution in [1.82, 2.24) is 0 Å². The monoisotopic (exact) mass is 432 g/mol. The van der Waals surface area contributed by atoms with Crippen LogP contribution >= 0.6 is 11.8 Å². The topological polar surface area (TPSA) is 58.6 Å². The molecule has 1 atom stereocenters. The van der Waals surface area contributed by atoms with Crippen LogP contribution in [0, 0.1) is 0 Å². The second-order valence-electron chi connectivity index (χ2n) is 7.19. The Kier molecular flexibility index (Phi) is 6.57. The zero-order chi connectivity index (χ0) is 21.6. The summed E-state index contributed by atoms with van der Waals surface area (Å²) in [6.45, 7) is 2.54. The maximum Gasteiger partial charge on any atom is 0.238 e. The second kappa shape index (κ2) is 9.71. The van der Waals surface area contributed by atoms with Gasteiger partial charge in [0.15, 0.2) is 0 Å². The molecule has 5 nitrogen and oxygen atoms in total. The predicted molar refractivity (Wildman–Crippen MR) is 126 cm³/mol. The number of nitrogens with zero attached hydrogens (tertiary/aromatic N) is 1. The van der Waals surface area contributed by atoms with E-state index in [0.717, 1.165) is 28.3 Å². The van der Waals surface area contributed by atoms with E-state index < -0.39 is 0 Å². The first-order valence-corrected chi connectivity index (χ1v) is 11.3. The van der Waals surface area contributed by atoms with E-state index >= 15 is 0 Å². The number of thioether (sulfide) groups is 1. The van der Waals surface area contributed by atoms with Gasteiger partial charge in [0.1, 0.15) is 11.1 Å². The standard InChI is InChI=1S/C25H24N2O3S/c1-2-30-22-13-11-21(12-14-22)27-24(29)17-31-25(27)19-9-6-10-20(16-19)26-23(28)15-18-7-4-3-5-8-18/h3-14,16,25H,2,15,17H2,1H3,(H,26,28)/t25-/m1/s1. The molecule has 0 aliphatic carbocycles. The van der Waals surface area contributed by atoms with Crippen LogP contribution in [0.2, 0.25) is 0 Å². The number of carbonyl (C=O) groups is 2. The summed E-state index contributed by atoms with van der Waals surface area (Å²) in [7, 11) is 0. The average Bonchev–Trinajstić information content (AvgIpc) is 3.17. The van der Waals surface area contributed by atoms with Crippen LogP contribution in [-0.4, -0.2) is 24.2 Å². The molecule has 3 aromatic rings. The predicted octanol–water partition coefficient (Wildman–Crippen LogP) is 5.05. The Morgan fingerprint density at radius 2 is 1.84 bits per heavy atom. The molecule has 2 amide bonds. The third-order valence-corrected chi connectivity index (χ3v) is 6.17. The Morgan fingerprint density at radius 1 is 1.06 bits per heavy atom. The van der Waals surface area contributed by atoms with Gasteiger partial charge in [0.25, 0.3) is 0 Å². The number of amides is 2. The Bertz CT molecular complexity index is 1050. The Balaban J connectivity index is 1.50. The number of hydrogen-bond donors (Lipinski definition) is 1. The summed E-state index contributed by atoms with van der Waals surface area (Å²) in [4.78, 5) is 26.9. The van der Waals surface area contributed by atoms with Crippen molar-refractivity contribution >= 4 is 35.0 Å². The van der Waals surface area contributed by atoms with Gasteiger partial charge in [-0.1, -0.05) is 42.5 Å². The first-order valence-electron chi connectivity index (χ1n) is 10.2. The summed E-state index contributed by atoms with van der Waals surface area (Å²) in [6.07, 6.45) is 0.319. The molecule has 1 fully saturated rings. The van der Waals surface area contributed by atoms with Gasteiger partial charge in [-0.15, -0.1) is 11.8 Å². The fraction of sp³-hybridized carbons (Fsp3) is 0.200. The SMILES string of the molecule is CCOc1ccc(N2C(=O)CS[C@@H]2c2cccc(NC(=O)Cc3ccccc3)c2)cc1. The second-order valence-corrected chi connectivity index (χ2v) is 8.26. The highest BCUT2D eigenvalue weighted by atomic mass is 32.2. The van der Waals surface area contributed by atoms with Crippen molar-refractivity contribution < 1.29 is 14.3 Å². The van der Waals surface area contributed by atoms with E-state index in [9.17, 15) is 9.59 Å². The molecule has 1 aliphatic heterocycles. The summed E-state index contributed by atoms with van der Waals surface area (Å²) in [5.41, 5.74) is 3.50. The highest BCUT2D eigenvalue weighted by Crippen LogP contribution is 2.42. The largest absolute Gasteiger partial charge is 0.494 e. The lowest BCUT2D eigenvalue weighted by molar-refractivity contribution is -0.116. The number of hydrogen-bond acceptors (Lipinski definition) is 4. The van der Waals surface area contributed by atoms with Crippen molar-refractivity contribution in [1.29, 1.82) is 0 Å². The van der Waals surface area contributed by atoms with E-state index in [1.165, 1.54) is 0 Å². The van der Waals surface area contributed by atoms with Gasteiger partial charge in [0.2, 0.25) is 11.8 Å². The number of rotatable bonds is 7. The number of benzene rings is 3. The molecule has 158 valence electrons. The maximum atomic E-state index is 12.6. The molecule has 0 bridgehead atoms. The molecule has 0 saturated carbocycles. The molecule has 1 N–H and O–H groups in total. The molecule has 6 heteroatoms. The van der Waals surface area contributed by atoms with Crippen LogP contribution in [0.3, 0.4) is 0 Å². The lowest BCUT2D eigenvalue weighted by Crippen LogP contribution is -2.27. The summed E-state index contributed by atoms with van der Waals surface area (Å²) in [5.74, 6) is 1.20. The number of carbonyl (C=O) groups excluding carboxylic acids is 2. The first kappa shape index (κ1) is 21.0. The third-order valence-electron chi connectivity index (χ3n) is 4.96. The smallest absolute Gasteiger partial charge is 0.238 e. The van der Waals surface area contributed by atoms with Gasteiger partial charge in [-0.05, 0) is 54.4 Å². The molecule has 31 heavy (non-hydrogen) atoms. The zero-order valence-electron chi connectivity index (χ0n) is 17.3. The maximum absolute atomic E-state index is 12.6. The molecule has 0 unspecified atom stereocenters. The summed E-state index contributed by atoms with van der Waals surface area (Å²) in [6, 6.07) is 24.9. The van der Waals surface area contributed by atoms with Gasteiger partial charge in [-0.3, -0.25) is 14.5 Å². The molecular formula is C25H24N2O3S. The average molecular weight is 433 g/mol. The fourth-order valence-electron chi connectivity index (χ4n) is 3.58. The van der Waals surface area contributed by atoms with E-state index in [1.54, 1.807) is 11.8 Å². The molecule has 1 aliphatic rings. The highest BCUT2D eigenvalue weighted by Gasteiger charge is 2.34. The highest BCUT2D eigenvalue weighted by molar-refractivity contribution is 8.00. The minimum Gasteiger partial charge on any atom is -0.494 e. The van der Waals surface area contributed by atoms with Crippen LogP contribution < -0.4 is 15.0 Å². The van der Waals surface area contributed by atoms with Crippen molar-refractivity contribution in [2.45, 2.75) is 18.7 Å². The van der Waals surface area contributed by atoms with Crippen LogP contribution in [0.5, 0.6) is 5.75 Å². The summed E-state index contributed by atoms with van der Waals surface area (Å²) in [5, 5.41) is 2.83. The van der Waals surface area contributed by atoms with E-state index in [2.05, 4.69) is 5.32 Å². The molecule has 0 aromatic heterocycles. The van der Waals surface area contributed by atoms with Gasteiger partial charge in [-0.2, -0.15) is 0 Å². The molecule has 0 radical (unpaired) electrons. The minimum atomic E-state index is -0.142. The molecule has 1 heterocycles. The normalized spacial score (nSPS) is 15.7. The van der Waals surface area contributed by atoms with Gasteiger partial charge >= 0.3 is 0 Å². The van der Waals surface area contributed by atoms with Crippen molar-refractivity contribution in [3.8, 4) is 5.75 Å². The van der Waals surface area contributed by atoms with Crippen LogP contribution in [-0.2, 0) is 16.0 Å². The van der Waals surface area contributed by atoms with Gasteiger partial charge in [0.05, 0.1) is 18.8 Å². The quantitative estimate of drug-likeness (QED) is 0.568. The van der Waals surface area contributed by atoms with Crippen LogP contribution in [0.1, 0.15) is 23.4 Å². The molecular weight excluding hydrogens is 408 g/mol. The Labute approximate surface area is 186 Å². The van der Waals surface area contributed by atoms with Crippen molar-refractivity contribution in [3.63, 3.8) is 0 Å². The molecule has 3 aromatic carbocycles.